The van der Waals surface area contributed by atoms with E-state index in [1.807, 2.05) is 43.3 Å². The number of halogens is 1. The fraction of sp³-hybridized carbons (Fsp3) is 0.381. The molecule has 1 aromatic carbocycles. The van der Waals surface area contributed by atoms with Gasteiger partial charge in [0, 0.05) is 24.5 Å². The zero-order valence-corrected chi connectivity index (χ0v) is 17.7. The lowest BCUT2D eigenvalue weighted by Gasteiger charge is -2.38. The summed E-state index contributed by atoms with van der Waals surface area (Å²) in [5.74, 6) is 1.66. The number of hydrogen-bond acceptors (Lipinski definition) is 7. The van der Waals surface area contributed by atoms with Gasteiger partial charge in [-0.3, -0.25) is 0 Å². The van der Waals surface area contributed by atoms with Crippen LogP contribution < -0.4 is 4.90 Å². The van der Waals surface area contributed by atoms with E-state index in [0.29, 0.717) is 6.42 Å². The molecule has 3 heterocycles. The summed E-state index contributed by atoms with van der Waals surface area (Å²) in [5.41, 5.74) is 1.39. The maximum Gasteiger partial charge on any atom is 0.164 e. The van der Waals surface area contributed by atoms with Crippen molar-refractivity contribution in [1.29, 1.82) is 5.26 Å². The molecule has 1 saturated heterocycles. The number of rotatable bonds is 5. The Morgan fingerprint density at radius 2 is 1.97 bits per heavy atom. The van der Waals surface area contributed by atoms with Gasteiger partial charge in [0.25, 0.3) is 0 Å². The van der Waals surface area contributed by atoms with Crippen molar-refractivity contribution >= 4 is 29.0 Å². The van der Waals surface area contributed by atoms with Crippen LogP contribution in [0.2, 0.25) is 5.02 Å². The summed E-state index contributed by atoms with van der Waals surface area (Å²) in [6.07, 6.45) is 3.03. The second-order valence-corrected chi connectivity index (χ2v) is 8.45. The first-order chi connectivity index (χ1) is 14.1. The highest BCUT2D eigenvalue weighted by molar-refractivity contribution is 7.09. The van der Waals surface area contributed by atoms with Gasteiger partial charge in [-0.15, -0.1) is 10.2 Å². The van der Waals surface area contributed by atoms with Crippen LogP contribution in [0.5, 0.6) is 0 Å². The summed E-state index contributed by atoms with van der Waals surface area (Å²) in [6.45, 7) is 3.57. The summed E-state index contributed by atoms with van der Waals surface area (Å²) in [4.78, 5) is 6.65. The van der Waals surface area contributed by atoms with Gasteiger partial charge in [0.2, 0.25) is 0 Å². The van der Waals surface area contributed by atoms with E-state index in [1.54, 1.807) is 0 Å². The summed E-state index contributed by atoms with van der Waals surface area (Å²) in [5, 5.41) is 20.1. The van der Waals surface area contributed by atoms with Gasteiger partial charge >= 0.3 is 0 Å². The molecule has 0 saturated carbocycles. The lowest BCUT2D eigenvalue weighted by atomic mass is 9.75. The van der Waals surface area contributed by atoms with Crippen molar-refractivity contribution in [2.45, 2.75) is 32.6 Å². The van der Waals surface area contributed by atoms with Gasteiger partial charge in [0.05, 0.1) is 11.5 Å². The number of nitrogens with zero attached hydrogens (tertiary/aromatic N) is 6. The average Bonchev–Trinajstić information content (AvgIpc) is 3.25. The smallest absolute Gasteiger partial charge is 0.164 e. The molecule has 0 radical (unpaired) electrons. The van der Waals surface area contributed by atoms with Crippen LogP contribution in [-0.4, -0.2) is 32.6 Å². The fourth-order valence-electron chi connectivity index (χ4n) is 3.61. The Balaban J connectivity index is 1.43. The number of anilines is 1. The summed E-state index contributed by atoms with van der Waals surface area (Å²) in [6, 6.07) is 14.3. The number of nitriles is 1. The normalized spacial score (nSPS) is 15.8. The molecule has 1 aliphatic heterocycles. The zero-order valence-electron chi connectivity index (χ0n) is 16.2. The van der Waals surface area contributed by atoms with E-state index in [2.05, 4.69) is 30.5 Å². The Hall–Kier alpha value is -2.56. The van der Waals surface area contributed by atoms with Gasteiger partial charge in [-0.1, -0.05) is 36.7 Å². The van der Waals surface area contributed by atoms with Crippen LogP contribution in [0.4, 0.5) is 5.82 Å². The molecule has 0 atom stereocenters. The van der Waals surface area contributed by atoms with Crippen LogP contribution in [0.3, 0.4) is 0 Å². The van der Waals surface area contributed by atoms with Crippen molar-refractivity contribution in [3.8, 4) is 16.8 Å². The van der Waals surface area contributed by atoms with Crippen LogP contribution in [0.15, 0.2) is 36.4 Å². The maximum atomic E-state index is 9.88. The molecule has 3 aromatic rings. The molecule has 0 spiro atoms. The first-order valence-electron chi connectivity index (χ1n) is 9.69. The molecule has 29 heavy (non-hydrogen) atoms. The number of aryl methyl sites for hydroxylation is 1. The topological polar surface area (TPSA) is 78.6 Å². The second kappa shape index (κ2) is 8.44. The van der Waals surface area contributed by atoms with Crippen LogP contribution in [0, 0.1) is 16.7 Å². The van der Waals surface area contributed by atoms with Crippen LogP contribution in [0.1, 0.15) is 31.2 Å². The molecule has 1 aliphatic rings. The predicted octanol–water partition coefficient (Wildman–Crippen LogP) is 4.56. The van der Waals surface area contributed by atoms with Gasteiger partial charge in [-0.25, -0.2) is 4.98 Å². The fourth-order valence-corrected chi connectivity index (χ4v) is 4.52. The minimum absolute atomic E-state index is 0.391. The molecule has 0 aliphatic carbocycles. The van der Waals surface area contributed by atoms with Crippen molar-refractivity contribution in [1.82, 2.24) is 19.6 Å². The van der Waals surface area contributed by atoms with Gasteiger partial charge in [0.1, 0.15) is 11.5 Å². The van der Waals surface area contributed by atoms with Gasteiger partial charge in [-0.2, -0.15) is 9.64 Å². The SMILES string of the molecule is CCc1nsc(-c2ccc(N3CCC(C#N)(Cc4ccccc4Cl)CC3)nn2)n1. The molecular formula is C21H21ClN6S. The van der Waals surface area contributed by atoms with Crippen molar-refractivity contribution in [3.05, 3.63) is 52.8 Å². The quantitative estimate of drug-likeness (QED) is 0.597. The van der Waals surface area contributed by atoms with E-state index in [0.717, 1.165) is 65.3 Å². The third kappa shape index (κ3) is 4.24. The average molecular weight is 425 g/mol. The molecule has 2 aromatic heterocycles. The molecule has 4 rings (SSSR count). The summed E-state index contributed by atoms with van der Waals surface area (Å²) >= 11 is 7.67. The molecule has 0 amide bonds. The van der Waals surface area contributed by atoms with Crippen LogP contribution >= 0.6 is 23.1 Å². The van der Waals surface area contributed by atoms with Crippen molar-refractivity contribution < 1.29 is 0 Å². The highest BCUT2D eigenvalue weighted by Gasteiger charge is 2.36. The van der Waals surface area contributed by atoms with Gasteiger partial charge in [-0.05, 0) is 54.6 Å². The van der Waals surface area contributed by atoms with Crippen molar-refractivity contribution in [2.75, 3.05) is 18.0 Å². The van der Waals surface area contributed by atoms with Crippen LogP contribution in [-0.2, 0) is 12.8 Å². The first kappa shape index (κ1) is 19.7. The summed E-state index contributed by atoms with van der Waals surface area (Å²) < 4.78 is 4.30. The third-order valence-corrected chi connectivity index (χ3v) is 6.57. The minimum atomic E-state index is -0.391. The van der Waals surface area contributed by atoms with Gasteiger partial charge in [0.15, 0.2) is 10.8 Å². The Kier molecular flexibility index (Phi) is 5.74. The lowest BCUT2D eigenvalue weighted by molar-refractivity contribution is 0.301. The van der Waals surface area contributed by atoms with Crippen LogP contribution in [0.25, 0.3) is 10.7 Å². The molecule has 0 bridgehead atoms. The van der Waals surface area contributed by atoms with E-state index in [9.17, 15) is 5.26 Å². The standard InChI is InChI=1S/C21H21ClN6S/c1-2-18-24-20(29-27-18)17-7-8-19(26-25-17)28-11-9-21(14-23,10-12-28)13-15-5-3-4-6-16(15)22/h3-8H,2,9-13H2,1H3. The monoisotopic (exact) mass is 424 g/mol. The molecule has 1 fully saturated rings. The number of benzene rings is 1. The molecule has 0 unspecified atom stereocenters. The van der Waals surface area contributed by atoms with Crippen molar-refractivity contribution in [2.24, 2.45) is 5.41 Å². The lowest BCUT2D eigenvalue weighted by Crippen LogP contribution is -2.41. The largest absolute Gasteiger partial charge is 0.355 e. The van der Waals surface area contributed by atoms with E-state index < -0.39 is 5.41 Å². The van der Waals surface area contributed by atoms with E-state index in [4.69, 9.17) is 11.6 Å². The van der Waals surface area contributed by atoms with E-state index >= 15 is 0 Å². The Bertz CT molecular complexity index is 1020. The Morgan fingerprint density at radius 3 is 2.59 bits per heavy atom. The molecular weight excluding hydrogens is 404 g/mol. The number of aromatic nitrogens is 4. The van der Waals surface area contributed by atoms with E-state index in [-0.39, 0.29) is 0 Å². The first-order valence-corrected chi connectivity index (χ1v) is 10.8. The maximum absolute atomic E-state index is 9.88. The molecule has 8 heteroatoms. The minimum Gasteiger partial charge on any atom is -0.355 e. The second-order valence-electron chi connectivity index (χ2n) is 7.29. The molecule has 6 nitrogen and oxygen atoms in total. The number of piperidine rings is 1. The Labute approximate surface area is 179 Å². The summed E-state index contributed by atoms with van der Waals surface area (Å²) in [7, 11) is 0. The Morgan fingerprint density at radius 1 is 1.17 bits per heavy atom. The van der Waals surface area contributed by atoms with Crippen molar-refractivity contribution in [3.63, 3.8) is 0 Å². The van der Waals surface area contributed by atoms with E-state index in [1.165, 1.54) is 11.5 Å². The number of hydrogen-bond donors (Lipinski definition) is 0. The highest BCUT2D eigenvalue weighted by atomic mass is 35.5. The molecule has 148 valence electrons. The third-order valence-electron chi connectivity index (χ3n) is 5.42. The molecule has 0 N–H and O–H groups in total. The van der Waals surface area contributed by atoms with Gasteiger partial charge < -0.3 is 4.90 Å². The zero-order chi connectivity index (χ0) is 20.3. The predicted molar refractivity (Wildman–Crippen MR) is 115 cm³/mol. The highest BCUT2D eigenvalue weighted by Crippen LogP contribution is 2.37.